The molecular weight excluding hydrogens is 444 g/mol. The number of amides is 1. The minimum atomic E-state index is -0.0393. The quantitative estimate of drug-likeness (QED) is 0.530. The number of ether oxygens (including phenoxy) is 2. The van der Waals surface area contributed by atoms with E-state index in [9.17, 15) is 4.79 Å². The predicted molar refractivity (Wildman–Crippen MR) is 124 cm³/mol. The van der Waals surface area contributed by atoms with Gasteiger partial charge in [-0.25, -0.2) is 15.0 Å². The molecule has 2 aliphatic heterocycles. The summed E-state index contributed by atoms with van der Waals surface area (Å²) in [6, 6.07) is 7.92. The first-order valence-corrected chi connectivity index (χ1v) is 10.9. The van der Waals surface area contributed by atoms with Gasteiger partial charge in [0.1, 0.15) is 19.5 Å². The van der Waals surface area contributed by atoms with E-state index in [0.29, 0.717) is 45.2 Å². The van der Waals surface area contributed by atoms with Crippen LogP contribution in [0.25, 0.3) is 5.95 Å². The summed E-state index contributed by atoms with van der Waals surface area (Å²) >= 11 is 0. The summed E-state index contributed by atoms with van der Waals surface area (Å²) in [6.07, 6.45) is 6.50. The molecule has 1 N–H and O–H groups in total. The van der Waals surface area contributed by atoms with Crippen LogP contribution in [0.3, 0.4) is 0 Å². The van der Waals surface area contributed by atoms with Crippen LogP contribution >= 0.6 is 12.4 Å². The third-order valence-corrected chi connectivity index (χ3v) is 5.73. The van der Waals surface area contributed by atoms with Gasteiger partial charge < -0.3 is 19.7 Å². The van der Waals surface area contributed by atoms with Crippen LogP contribution in [0, 0.1) is 6.92 Å². The Morgan fingerprint density at radius 1 is 1.15 bits per heavy atom. The number of benzene rings is 1. The first kappa shape index (κ1) is 23.0. The van der Waals surface area contributed by atoms with Crippen LogP contribution in [0.15, 0.2) is 43.0 Å². The van der Waals surface area contributed by atoms with Crippen molar-refractivity contribution in [2.24, 2.45) is 0 Å². The zero-order valence-electron chi connectivity index (χ0n) is 18.4. The average Bonchev–Trinajstić information content (AvgIpc) is 3.47. The normalized spacial score (nSPS) is 17.2. The van der Waals surface area contributed by atoms with Crippen molar-refractivity contribution in [3.63, 3.8) is 0 Å². The Morgan fingerprint density at radius 2 is 2.00 bits per heavy atom. The first-order chi connectivity index (χ1) is 15.7. The highest BCUT2D eigenvalue weighted by atomic mass is 35.5. The molecule has 1 aromatic carbocycles. The van der Waals surface area contributed by atoms with Crippen molar-refractivity contribution in [1.82, 2.24) is 29.7 Å². The number of rotatable bonds is 7. The zero-order chi connectivity index (χ0) is 21.9. The van der Waals surface area contributed by atoms with E-state index in [0.717, 1.165) is 34.9 Å². The summed E-state index contributed by atoms with van der Waals surface area (Å²) in [5.74, 6) is 2.32. The fraction of sp³-hybridized carbons (Fsp3) is 0.391. The number of carbonyl (C=O) groups excluding carboxylic acids is 1. The number of halogens is 1. The van der Waals surface area contributed by atoms with Gasteiger partial charge >= 0.3 is 0 Å². The van der Waals surface area contributed by atoms with E-state index in [1.165, 1.54) is 0 Å². The first-order valence-electron chi connectivity index (χ1n) is 10.9. The van der Waals surface area contributed by atoms with Crippen molar-refractivity contribution in [1.29, 1.82) is 0 Å². The molecule has 1 fully saturated rings. The van der Waals surface area contributed by atoms with E-state index in [1.807, 2.05) is 42.3 Å². The van der Waals surface area contributed by atoms with Gasteiger partial charge in [0.25, 0.3) is 0 Å². The number of aryl methyl sites for hydroxylation is 1. The standard InChI is InChI=1S/C23H26N6O3.ClH/c1-16-12-18(27-23(26-16)28-8-6-25-15-28)19-3-5-22(30)29(19)9-7-24-14-17-2-4-20-21(13-17)32-11-10-31-20;/h2,4,6,8,12-13,15,19,24H,3,5,7,9-11,14H2,1H3;1H. The van der Waals surface area contributed by atoms with Crippen molar-refractivity contribution in [2.45, 2.75) is 32.4 Å². The van der Waals surface area contributed by atoms with Gasteiger partial charge in [0.15, 0.2) is 11.5 Å². The lowest BCUT2D eigenvalue weighted by atomic mass is 10.1. The monoisotopic (exact) mass is 470 g/mol. The van der Waals surface area contributed by atoms with Crippen LogP contribution in [0.2, 0.25) is 0 Å². The summed E-state index contributed by atoms with van der Waals surface area (Å²) < 4.78 is 13.0. The second kappa shape index (κ2) is 10.2. The van der Waals surface area contributed by atoms with Gasteiger partial charge in [-0.05, 0) is 37.1 Å². The van der Waals surface area contributed by atoms with Gasteiger partial charge in [-0.1, -0.05) is 6.07 Å². The molecule has 3 aromatic rings. The average molecular weight is 471 g/mol. The summed E-state index contributed by atoms with van der Waals surface area (Å²) in [7, 11) is 0. The summed E-state index contributed by atoms with van der Waals surface area (Å²) in [5.41, 5.74) is 2.86. The molecule has 4 heterocycles. The lowest BCUT2D eigenvalue weighted by Crippen LogP contribution is -2.35. The zero-order valence-corrected chi connectivity index (χ0v) is 19.3. The minimum Gasteiger partial charge on any atom is -0.486 e. The molecule has 0 saturated carbocycles. The number of nitrogens with zero attached hydrogens (tertiary/aromatic N) is 5. The molecule has 0 aliphatic carbocycles. The van der Waals surface area contributed by atoms with E-state index in [-0.39, 0.29) is 24.4 Å². The topological polar surface area (TPSA) is 94.4 Å². The van der Waals surface area contributed by atoms with Crippen LogP contribution < -0.4 is 14.8 Å². The Balaban J connectivity index is 0.00000259. The third-order valence-electron chi connectivity index (χ3n) is 5.73. The van der Waals surface area contributed by atoms with Crippen molar-refractivity contribution >= 4 is 18.3 Å². The summed E-state index contributed by atoms with van der Waals surface area (Å²) in [5, 5.41) is 3.44. The minimum absolute atomic E-state index is 0. The molecule has 0 radical (unpaired) electrons. The maximum atomic E-state index is 12.6. The van der Waals surface area contributed by atoms with Gasteiger partial charge in [-0.15, -0.1) is 12.4 Å². The molecule has 174 valence electrons. The van der Waals surface area contributed by atoms with Crippen molar-refractivity contribution in [3.8, 4) is 17.4 Å². The largest absolute Gasteiger partial charge is 0.486 e. The molecule has 0 spiro atoms. The van der Waals surface area contributed by atoms with E-state index in [4.69, 9.17) is 14.5 Å². The van der Waals surface area contributed by atoms with Crippen LogP contribution in [0.4, 0.5) is 0 Å². The molecule has 1 atom stereocenters. The van der Waals surface area contributed by atoms with Crippen LogP contribution in [-0.4, -0.2) is 56.6 Å². The molecule has 10 heteroatoms. The number of nitrogens with one attached hydrogen (secondary N) is 1. The van der Waals surface area contributed by atoms with Crippen molar-refractivity contribution < 1.29 is 14.3 Å². The number of fused-ring (bicyclic) bond motifs is 1. The van der Waals surface area contributed by atoms with Gasteiger partial charge in [-0.3, -0.25) is 9.36 Å². The molecule has 0 bridgehead atoms. The van der Waals surface area contributed by atoms with Crippen LogP contribution in [-0.2, 0) is 11.3 Å². The number of likely N-dealkylation sites (tertiary alicyclic amines) is 1. The van der Waals surface area contributed by atoms with Crippen molar-refractivity contribution in [3.05, 3.63) is 59.9 Å². The maximum absolute atomic E-state index is 12.6. The fourth-order valence-corrected chi connectivity index (χ4v) is 4.19. The van der Waals surface area contributed by atoms with E-state index in [1.54, 1.807) is 17.1 Å². The number of hydrogen-bond donors (Lipinski definition) is 1. The SMILES string of the molecule is Cc1cc(C2CCC(=O)N2CCNCc2ccc3c(c2)OCCO3)nc(-n2ccnc2)n1.Cl. The van der Waals surface area contributed by atoms with Gasteiger partial charge in [0.05, 0.1) is 11.7 Å². The lowest BCUT2D eigenvalue weighted by molar-refractivity contribution is -0.129. The Kier molecular flexibility index (Phi) is 7.10. The molecule has 9 nitrogen and oxygen atoms in total. The van der Waals surface area contributed by atoms with Crippen LogP contribution in [0.5, 0.6) is 11.5 Å². The second-order valence-electron chi connectivity index (χ2n) is 8.00. The molecule has 1 saturated heterocycles. The summed E-state index contributed by atoms with van der Waals surface area (Å²) in [6.45, 7) is 5.12. The highest BCUT2D eigenvalue weighted by molar-refractivity contribution is 5.85. The Labute approximate surface area is 198 Å². The lowest BCUT2D eigenvalue weighted by Gasteiger charge is -2.25. The van der Waals surface area contributed by atoms with Gasteiger partial charge in [0, 0.05) is 44.1 Å². The number of aromatic nitrogens is 4. The molecule has 1 amide bonds. The molecule has 5 rings (SSSR count). The van der Waals surface area contributed by atoms with Gasteiger partial charge in [0.2, 0.25) is 11.9 Å². The van der Waals surface area contributed by atoms with Crippen molar-refractivity contribution in [2.75, 3.05) is 26.3 Å². The Bertz CT molecular complexity index is 1110. The fourth-order valence-electron chi connectivity index (χ4n) is 4.19. The third kappa shape index (κ3) is 5.09. The number of imidazole rings is 1. The van der Waals surface area contributed by atoms with Crippen LogP contribution in [0.1, 0.15) is 35.8 Å². The molecule has 2 aromatic heterocycles. The second-order valence-corrected chi connectivity index (χ2v) is 8.00. The smallest absolute Gasteiger partial charge is 0.235 e. The van der Waals surface area contributed by atoms with E-state index >= 15 is 0 Å². The van der Waals surface area contributed by atoms with E-state index < -0.39 is 0 Å². The molecule has 2 aliphatic rings. The number of carbonyl (C=O) groups is 1. The van der Waals surface area contributed by atoms with E-state index in [2.05, 4.69) is 15.3 Å². The molecule has 33 heavy (non-hydrogen) atoms. The Hall–Kier alpha value is -3.17. The highest BCUT2D eigenvalue weighted by Gasteiger charge is 2.33. The molecular formula is C23H27ClN6O3. The Morgan fingerprint density at radius 3 is 2.82 bits per heavy atom. The van der Waals surface area contributed by atoms with Gasteiger partial charge in [-0.2, -0.15) is 0 Å². The molecule has 1 unspecified atom stereocenters. The number of hydrogen-bond acceptors (Lipinski definition) is 7. The predicted octanol–water partition coefficient (Wildman–Crippen LogP) is 2.62. The summed E-state index contributed by atoms with van der Waals surface area (Å²) in [4.78, 5) is 27.8. The maximum Gasteiger partial charge on any atom is 0.235 e. The highest BCUT2D eigenvalue weighted by Crippen LogP contribution is 2.32.